The van der Waals surface area contributed by atoms with Crippen LogP contribution < -0.4 is 0 Å². The van der Waals surface area contributed by atoms with Crippen LogP contribution in [0.1, 0.15) is 47.5 Å². The minimum Gasteiger partial charge on any atom is -0.366 e. The number of ether oxygens (including phenoxy) is 2. The molecule has 1 unspecified atom stereocenters. The Balaban J connectivity index is 2.10. The molecule has 0 radical (unpaired) electrons. The first kappa shape index (κ1) is 12.3. The van der Waals surface area contributed by atoms with Gasteiger partial charge in [0.2, 0.25) is 0 Å². The molecular formula is C13H24O3. The van der Waals surface area contributed by atoms with Crippen LogP contribution in [0.15, 0.2) is 0 Å². The Labute approximate surface area is 98.1 Å². The van der Waals surface area contributed by atoms with Gasteiger partial charge >= 0.3 is 0 Å². The molecule has 2 aliphatic rings. The van der Waals surface area contributed by atoms with Gasteiger partial charge in [-0.25, -0.2) is 0 Å². The third-order valence-corrected chi connectivity index (χ3v) is 4.15. The monoisotopic (exact) mass is 228 g/mol. The number of rotatable bonds is 1. The van der Waals surface area contributed by atoms with E-state index >= 15 is 0 Å². The first-order valence-corrected chi connectivity index (χ1v) is 6.33. The van der Waals surface area contributed by atoms with Crippen LogP contribution in [0.4, 0.5) is 0 Å². The zero-order valence-electron chi connectivity index (χ0n) is 11.0. The van der Waals surface area contributed by atoms with Gasteiger partial charge in [-0.05, 0) is 24.2 Å². The summed E-state index contributed by atoms with van der Waals surface area (Å²) in [6.07, 6.45) is 1.45. The summed E-state index contributed by atoms with van der Waals surface area (Å²) in [4.78, 5) is 0. The maximum atomic E-state index is 10.2. The van der Waals surface area contributed by atoms with E-state index in [1.165, 1.54) is 0 Å². The molecule has 2 saturated heterocycles. The molecule has 3 heteroatoms. The van der Waals surface area contributed by atoms with Gasteiger partial charge in [0.05, 0.1) is 12.2 Å². The van der Waals surface area contributed by atoms with Crippen LogP contribution in [-0.2, 0) is 9.47 Å². The SMILES string of the molecule is CC[C@H]1OC12[C@H](C)C[C@H](C(C)(C)C)O[C@H]2O. The first-order valence-electron chi connectivity index (χ1n) is 6.33. The molecule has 2 heterocycles. The second kappa shape index (κ2) is 3.69. The molecule has 1 spiro atoms. The zero-order valence-corrected chi connectivity index (χ0v) is 11.0. The smallest absolute Gasteiger partial charge is 0.187 e. The lowest BCUT2D eigenvalue weighted by Gasteiger charge is -2.42. The molecule has 2 aliphatic heterocycles. The van der Waals surface area contributed by atoms with Crippen molar-refractivity contribution in [1.29, 1.82) is 0 Å². The van der Waals surface area contributed by atoms with Crippen LogP contribution in [0.2, 0.25) is 0 Å². The van der Waals surface area contributed by atoms with Gasteiger partial charge in [-0.1, -0.05) is 34.6 Å². The quantitative estimate of drug-likeness (QED) is 0.700. The van der Waals surface area contributed by atoms with Gasteiger partial charge in [0.25, 0.3) is 0 Å². The number of aliphatic hydroxyl groups is 1. The van der Waals surface area contributed by atoms with Crippen molar-refractivity contribution < 1.29 is 14.6 Å². The fraction of sp³-hybridized carbons (Fsp3) is 1.00. The van der Waals surface area contributed by atoms with Crippen LogP contribution in [-0.4, -0.2) is 29.2 Å². The van der Waals surface area contributed by atoms with E-state index in [9.17, 15) is 5.11 Å². The summed E-state index contributed by atoms with van der Waals surface area (Å²) in [5.74, 6) is 0.366. The van der Waals surface area contributed by atoms with Gasteiger partial charge in [-0.3, -0.25) is 0 Å². The third kappa shape index (κ3) is 1.69. The molecule has 0 saturated carbocycles. The zero-order chi connectivity index (χ0) is 12.1. The molecule has 0 aromatic rings. The van der Waals surface area contributed by atoms with E-state index in [4.69, 9.17) is 9.47 Å². The standard InChI is InChI=1S/C13H24O3/c1-6-9-13(16-9)8(2)7-10(12(3,4)5)15-11(13)14/h8-11,14H,6-7H2,1-5H3/t8-,9-,10-,11-,13?/m1/s1. The normalized spacial score (nSPS) is 48.4. The maximum absolute atomic E-state index is 10.2. The second-order valence-corrected chi connectivity index (χ2v) is 6.35. The number of epoxide rings is 1. The Kier molecular flexibility index (Phi) is 2.84. The summed E-state index contributed by atoms with van der Waals surface area (Å²) in [7, 11) is 0. The predicted molar refractivity (Wildman–Crippen MR) is 62.0 cm³/mol. The number of aliphatic hydroxyl groups excluding tert-OH is 1. The fourth-order valence-corrected chi connectivity index (χ4v) is 2.89. The molecule has 16 heavy (non-hydrogen) atoms. The molecule has 2 rings (SSSR count). The van der Waals surface area contributed by atoms with E-state index in [0.717, 1.165) is 12.8 Å². The maximum Gasteiger partial charge on any atom is 0.187 e. The van der Waals surface area contributed by atoms with Gasteiger partial charge in [0.15, 0.2) is 6.29 Å². The summed E-state index contributed by atoms with van der Waals surface area (Å²) in [6.45, 7) is 10.7. The molecule has 3 nitrogen and oxygen atoms in total. The van der Waals surface area contributed by atoms with E-state index in [0.29, 0.717) is 5.92 Å². The molecule has 5 atom stereocenters. The minimum atomic E-state index is -0.759. The van der Waals surface area contributed by atoms with Crippen molar-refractivity contribution in [2.45, 2.75) is 71.6 Å². The van der Waals surface area contributed by atoms with Crippen molar-refractivity contribution in [1.82, 2.24) is 0 Å². The van der Waals surface area contributed by atoms with Gasteiger partial charge < -0.3 is 14.6 Å². The molecular weight excluding hydrogens is 204 g/mol. The largest absolute Gasteiger partial charge is 0.366 e. The van der Waals surface area contributed by atoms with Crippen molar-refractivity contribution in [2.75, 3.05) is 0 Å². The Morgan fingerprint density at radius 2 is 2.00 bits per heavy atom. The average Bonchev–Trinajstić information content (AvgIpc) is 2.88. The first-order chi connectivity index (χ1) is 7.32. The molecule has 0 aliphatic carbocycles. The molecule has 1 N–H and O–H groups in total. The van der Waals surface area contributed by atoms with Crippen molar-refractivity contribution >= 4 is 0 Å². The second-order valence-electron chi connectivity index (χ2n) is 6.35. The van der Waals surface area contributed by atoms with E-state index in [1.807, 2.05) is 0 Å². The van der Waals surface area contributed by atoms with Crippen LogP contribution in [0, 0.1) is 11.3 Å². The lowest BCUT2D eigenvalue weighted by Crippen LogP contribution is -2.51. The Hall–Kier alpha value is -0.120. The molecule has 2 fully saturated rings. The van der Waals surface area contributed by atoms with Gasteiger partial charge in [0, 0.05) is 0 Å². The van der Waals surface area contributed by atoms with Crippen molar-refractivity contribution in [3.63, 3.8) is 0 Å². The van der Waals surface area contributed by atoms with Gasteiger partial charge in [-0.15, -0.1) is 0 Å². The fourth-order valence-electron chi connectivity index (χ4n) is 2.89. The van der Waals surface area contributed by atoms with Crippen LogP contribution in [0.5, 0.6) is 0 Å². The summed E-state index contributed by atoms with van der Waals surface area (Å²) in [5, 5.41) is 10.2. The summed E-state index contributed by atoms with van der Waals surface area (Å²) in [5.41, 5.74) is -0.329. The summed E-state index contributed by atoms with van der Waals surface area (Å²) in [6, 6.07) is 0. The molecule has 0 amide bonds. The van der Waals surface area contributed by atoms with Gasteiger partial charge in [-0.2, -0.15) is 0 Å². The Morgan fingerprint density at radius 1 is 1.38 bits per heavy atom. The van der Waals surface area contributed by atoms with Crippen LogP contribution in [0.25, 0.3) is 0 Å². The highest BCUT2D eigenvalue weighted by Gasteiger charge is 2.67. The predicted octanol–water partition coefficient (Wildman–Crippen LogP) is 2.32. The molecule has 94 valence electrons. The van der Waals surface area contributed by atoms with Crippen molar-refractivity contribution in [2.24, 2.45) is 11.3 Å². The highest BCUT2D eigenvalue weighted by molar-refractivity contribution is 5.10. The van der Waals surface area contributed by atoms with Crippen LogP contribution in [0.3, 0.4) is 0 Å². The van der Waals surface area contributed by atoms with E-state index < -0.39 is 11.9 Å². The highest BCUT2D eigenvalue weighted by atomic mass is 16.7. The van der Waals surface area contributed by atoms with Gasteiger partial charge in [0.1, 0.15) is 5.60 Å². The highest BCUT2D eigenvalue weighted by Crippen LogP contribution is 2.53. The number of hydrogen-bond acceptors (Lipinski definition) is 3. The lowest BCUT2D eigenvalue weighted by molar-refractivity contribution is -0.237. The topological polar surface area (TPSA) is 42.0 Å². The van der Waals surface area contributed by atoms with Crippen molar-refractivity contribution in [3.05, 3.63) is 0 Å². The Morgan fingerprint density at radius 3 is 2.38 bits per heavy atom. The minimum absolute atomic E-state index is 0.0768. The summed E-state index contributed by atoms with van der Waals surface area (Å²) < 4.78 is 11.5. The van der Waals surface area contributed by atoms with Crippen LogP contribution >= 0.6 is 0 Å². The molecule has 0 bridgehead atoms. The van der Waals surface area contributed by atoms with E-state index in [-0.39, 0.29) is 17.6 Å². The van der Waals surface area contributed by atoms with Crippen molar-refractivity contribution in [3.8, 4) is 0 Å². The number of hydrogen-bond donors (Lipinski definition) is 1. The summed E-state index contributed by atoms with van der Waals surface area (Å²) >= 11 is 0. The average molecular weight is 228 g/mol. The van der Waals surface area contributed by atoms with E-state index in [1.54, 1.807) is 0 Å². The molecule has 0 aromatic carbocycles. The Bertz CT molecular complexity index is 257. The van der Waals surface area contributed by atoms with E-state index in [2.05, 4.69) is 34.6 Å². The lowest BCUT2D eigenvalue weighted by atomic mass is 9.76. The third-order valence-electron chi connectivity index (χ3n) is 4.15. The molecule has 0 aromatic heterocycles.